The second-order valence-corrected chi connectivity index (χ2v) is 9.95. The van der Waals surface area contributed by atoms with Crippen LogP contribution in [0.25, 0.3) is 11.3 Å². The molecule has 2 atom stereocenters. The number of anilines is 2. The van der Waals surface area contributed by atoms with E-state index < -0.39 is 5.97 Å². The number of methoxy groups -OCH3 is 1. The summed E-state index contributed by atoms with van der Waals surface area (Å²) in [5, 5.41) is 6.43. The van der Waals surface area contributed by atoms with Crippen LogP contribution >= 0.6 is 0 Å². The maximum atomic E-state index is 13.2. The SMILES string of the molecule is COC(=O)c1ccc2c(c1)NC(=O)/C2=C(\Nc1ccc(CN2C(C)CCCC2C)cc1)c1ccccc1. The van der Waals surface area contributed by atoms with Gasteiger partial charge in [0.15, 0.2) is 0 Å². The molecule has 0 saturated carbocycles. The molecular formula is C31H33N3O3. The van der Waals surface area contributed by atoms with E-state index >= 15 is 0 Å². The number of rotatable bonds is 6. The number of amides is 1. The molecular weight excluding hydrogens is 462 g/mol. The van der Waals surface area contributed by atoms with Crippen LogP contribution < -0.4 is 10.6 Å². The highest BCUT2D eigenvalue weighted by molar-refractivity contribution is 6.37. The normalized spacial score (nSPS) is 20.7. The van der Waals surface area contributed by atoms with Gasteiger partial charge in [-0.25, -0.2) is 4.79 Å². The van der Waals surface area contributed by atoms with Crippen molar-refractivity contribution >= 4 is 34.5 Å². The lowest BCUT2D eigenvalue weighted by Crippen LogP contribution is -2.42. The van der Waals surface area contributed by atoms with Gasteiger partial charge in [0.05, 0.1) is 29.6 Å². The van der Waals surface area contributed by atoms with Gasteiger partial charge in [-0.15, -0.1) is 0 Å². The number of nitrogens with zero attached hydrogens (tertiary/aromatic N) is 1. The molecule has 0 bridgehead atoms. The monoisotopic (exact) mass is 495 g/mol. The number of likely N-dealkylation sites (tertiary alicyclic amines) is 1. The summed E-state index contributed by atoms with van der Waals surface area (Å²) in [4.78, 5) is 27.8. The summed E-state index contributed by atoms with van der Waals surface area (Å²) >= 11 is 0. The first-order valence-corrected chi connectivity index (χ1v) is 12.9. The summed E-state index contributed by atoms with van der Waals surface area (Å²) in [5.41, 5.74) is 6.07. The lowest BCUT2D eigenvalue weighted by atomic mass is 9.96. The zero-order valence-corrected chi connectivity index (χ0v) is 21.6. The van der Waals surface area contributed by atoms with E-state index in [9.17, 15) is 9.59 Å². The summed E-state index contributed by atoms with van der Waals surface area (Å²) in [7, 11) is 1.34. The van der Waals surface area contributed by atoms with Crippen LogP contribution in [0.15, 0.2) is 72.8 Å². The van der Waals surface area contributed by atoms with E-state index in [-0.39, 0.29) is 5.91 Å². The minimum atomic E-state index is -0.440. The first-order valence-electron chi connectivity index (χ1n) is 12.9. The molecule has 1 amide bonds. The van der Waals surface area contributed by atoms with Crippen LogP contribution in [0.5, 0.6) is 0 Å². The van der Waals surface area contributed by atoms with E-state index in [0.29, 0.717) is 34.6 Å². The summed E-state index contributed by atoms with van der Waals surface area (Å²) in [6.07, 6.45) is 3.81. The van der Waals surface area contributed by atoms with E-state index in [0.717, 1.165) is 23.4 Å². The molecule has 3 aromatic rings. The molecule has 6 heteroatoms. The van der Waals surface area contributed by atoms with Gasteiger partial charge in [0.1, 0.15) is 0 Å². The Morgan fingerprint density at radius 3 is 2.35 bits per heavy atom. The Hall–Kier alpha value is -3.90. The maximum Gasteiger partial charge on any atom is 0.337 e. The second-order valence-electron chi connectivity index (χ2n) is 9.95. The Kier molecular flexibility index (Phi) is 7.10. The highest BCUT2D eigenvalue weighted by atomic mass is 16.5. The zero-order chi connectivity index (χ0) is 25.9. The van der Waals surface area contributed by atoms with E-state index in [4.69, 9.17) is 4.74 Å². The van der Waals surface area contributed by atoms with Gasteiger partial charge < -0.3 is 15.4 Å². The van der Waals surface area contributed by atoms with Gasteiger partial charge in [0.25, 0.3) is 5.91 Å². The van der Waals surface area contributed by atoms with Crippen molar-refractivity contribution in [2.75, 3.05) is 17.7 Å². The van der Waals surface area contributed by atoms with Crippen LogP contribution in [0.3, 0.4) is 0 Å². The van der Waals surface area contributed by atoms with Gasteiger partial charge in [0.2, 0.25) is 0 Å². The number of hydrogen-bond donors (Lipinski definition) is 2. The zero-order valence-electron chi connectivity index (χ0n) is 21.6. The van der Waals surface area contributed by atoms with Crippen molar-refractivity contribution in [3.8, 4) is 0 Å². The molecule has 0 aliphatic carbocycles. The molecule has 3 aromatic carbocycles. The second kappa shape index (κ2) is 10.6. The summed E-state index contributed by atoms with van der Waals surface area (Å²) < 4.78 is 4.84. The lowest BCUT2D eigenvalue weighted by Gasteiger charge is -2.39. The summed E-state index contributed by atoms with van der Waals surface area (Å²) in [5.74, 6) is -0.655. The number of benzene rings is 3. The van der Waals surface area contributed by atoms with Crippen molar-refractivity contribution < 1.29 is 14.3 Å². The Morgan fingerprint density at radius 2 is 1.68 bits per heavy atom. The van der Waals surface area contributed by atoms with E-state index in [1.807, 2.05) is 30.3 Å². The van der Waals surface area contributed by atoms with Crippen LogP contribution in [0.4, 0.5) is 11.4 Å². The van der Waals surface area contributed by atoms with Gasteiger partial charge in [0, 0.05) is 29.9 Å². The largest absolute Gasteiger partial charge is 0.465 e. The molecule has 1 fully saturated rings. The molecule has 2 aliphatic rings. The molecule has 37 heavy (non-hydrogen) atoms. The molecule has 0 aromatic heterocycles. The highest BCUT2D eigenvalue weighted by Gasteiger charge is 2.29. The van der Waals surface area contributed by atoms with Crippen LogP contribution in [0.2, 0.25) is 0 Å². The van der Waals surface area contributed by atoms with Gasteiger partial charge in [-0.1, -0.05) is 55.0 Å². The van der Waals surface area contributed by atoms with Crippen molar-refractivity contribution in [1.29, 1.82) is 0 Å². The first kappa shape index (κ1) is 24.8. The molecule has 6 nitrogen and oxygen atoms in total. The third-order valence-corrected chi connectivity index (χ3v) is 7.46. The van der Waals surface area contributed by atoms with Crippen molar-refractivity contribution in [3.05, 3.63) is 95.1 Å². The van der Waals surface area contributed by atoms with Gasteiger partial charge in [-0.3, -0.25) is 9.69 Å². The number of carbonyl (C=O) groups is 2. The van der Waals surface area contributed by atoms with Gasteiger partial charge >= 0.3 is 5.97 Å². The minimum absolute atomic E-state index is 0.215. The average molecular weight is 496 g/mol. The lowest BCUT2D eigenvalue weighted by molar-refractivity contribution is -0.110. The smallest absolute Gasteiger partial charge is 0.337 e. The molecule has 2 aliphatic heterocycles. The summed E-state index contributed by atoms with van der Waals surface area (Å²) in [6.45, 7) is 5.58. The Balaban J connectivity index is 1.47. The Bertz CT molecular complexity index is 1320. The number of piperidine rings is 1. The van der Waals surface area contributed by atoms with Crippen molar-refractivity contribution in [2.24, 2.45) is 0 Å². The topological polar surface area (TPSA) is 70.7 Å². The number of fused-ring (bicyclic) bond motifs is 1. The Morgan fingerprint density at radius 1 is 0.973 bits per heavy atom. The standard InChI is InChI=1S/C31H33N3O3/c1-20-8-7-9-21(2)34(20)19-22-12-15-25(16-13-22)32-29(23-10-5-4-6-11-23)28-26-17-14-24(31(36)37-3)18-27(26)33-30(28)35/h4-6,10-18,20-21,32H,7-9,19H2,1-3H3,(H,33,35)/b29-28-. The fraction of sp³-hybridized carbons (Fsp3) is 0.290. The predicted octanol–water partition coefficient (Wildman–Crippen LogP) is 6.17. The summed E-state index contributed by atoms with van der Waals surface area (Å²) in [6, 6.07) is 24.6. The van der Waals surface area contributed by atoms with Gasteiger partial charge in [-0.2, -0.15) is 0 Å². The fourth-order valence-corrected chi connectivity index (χ4v) is 5.38. The highest BCUT2D eigenvalue weighted by Crippen LogP contribution is 2.38. The van der Waals surface area contributed by atoms with Crippen molar-refractivity contribution in [3.63, 3.8) is 0 Å². The molecule has 190 valence electrons. The Labute approximate surface area is 218 Å². The minimum Gasteiger partial charge on any atom is -0.465 e. The molecule has 0 spiro atoms. The average Bonchev–Trinajstić information content (AvgIpc) is 3.25. The van der Waals surface area contributed by atoms with E-state index in [2.05, 4.69) is 53.6 Å². The fourth-order valence-electron chi connectivity index (χ4n) is 5.38. The van der Waals surface area contributed by atoms with Crippen LogP contribution in [-0.4, -0.2) is 36.0 Å². The quantitative estimate of drug-likeness (QED) is 0.316. The van der Waals surface area contributed by atoms with E-state index in [1.165, 1.54) is 31.9 Å². The van der Waals surface area contributed by atoms with Gasteiger partial charge in [-0.05, 0) is 62.1 Å². The molecule has 5 rings (SSSR count). The molecule has 0 radical (unpaired) electrons. The number of nitrogens with one attached hydrogen (secondary N) is 2. The third-order valence-electron chi connectivity index (χ3n) is 7.46. The first-order chi connectivity index (χ1) is 17.9. The van der Waals surface area contributed by atoms with Crippen LogP contribution in [0.1, 0.15) is 60.2 Å². The molecule has 2 heterocycles. The number of hydrogen-bond acceptors (Lipinski definition) is 5. The van der Waals surface area contributed by atoms with Crippen molar-refractivity contribution in [1.82, 2.24) is 4.90 Å². The van der Waals surface area contributed by atoms with Crippen molar-refractivity contribution in [2.45, 2.75) is 51.7 Å². The third kappa shape index (κ3) is 5.16. The number of carbonyl (C=O) groups excluding carboxylic acids is 2. The van der Waals surface area contributed by atoms with Crippen LogP contribution in [0, 0.1) is 0 Å². The molecule has 1 saturated heterocycles. The van der Waals surface area contributed by atoms with E-state index in [1.54, 1.807) is 18.2 Å². The molecule has 2 unspecified atom stereocenters. The maximum absolute atomic E-state index is 13.2. The number of ether oxygens (including phenoxy) is 1. The number of esters is 1. The molecule has 2 N–H and O–H groups in total. The predicted molar refractivity (Wildman–Crippen MR) is 148 cm³/mol. The van der Waals surface area contributed by atoms with Crippen LogP contribution in [-0.2, 0) is 16.1 Å².